The highest BCUT2D eigenvalue weighted by Gasteiger charge is 2.48. The number of hydrogen-bond acceptors (Lipinski definition) is 7. The summed E-state index contributed by atoms with van der Waals surface area (Å²) in [6.45, 7) is 2.30. The Morgan fingerprint density at radius 2 is 1.94 bits per heavy atom. The lowest BCUT2D eigenvalue weighted by atomic mass is 9.89. The number of aliphatic hydroxyl groups is 1. The second-order valence-electron chi connectivity index (χ2n) is 10.5. The van der Waals surface area contributed by atoms with Gasteiger partial charge in [0.25, 0.3) is 0 Å². The predicted octanol–water partition coefficient (Wildman–Crippen LogP) is 3.90. The Kier molecular flexibility index (Phi) is 4.25. The fourth-order valence-electron chi connectivity index (χ4n) is 6.43. The van der Waals surface area contributed by atoms with E-state index in [-0.39, 0.29) is 6.04 Å². The largest absolute Gasteiger partial charge is 0.386 e. The topological polar surface area (TPSA) is 103 Å². The SMILES string of the molecule is O[C@]12CCN(c3nc(-c4ccnc5[nH]c6ccccc6c45)nc4cncc(C5CC5)c34)[C@H]1CCNC2. The van der Waals surface area contributed by atoms with Gasteiger partial charge in [-0.05, 0) is 55.8 Å². The van der Waals surface area contributed by atoms with Crippen LogP contribution < -0.4 is 10.2 Å². The summed E-state index contributed by atoms with van der Waals surface area (Å²) in [5.41, 5.74) is 4.21. The molecule has 6 heterocycles. The Labute approximate surface area is 207 Å². The summed E-state index contributed by atoms with van der Waals surface area (Å²) in [6.07, 6.45) is 9.68. The number of rotatable bonds is 3. The van der Waals surface area contributed by atoms with Crippen LogP contribution in [0.4, 0.5) is 5.82 Å². The minimum absolute atomic E-state index is 0.0375. The van der Waals surface area contributed by atoms with Crippen molar-refractivity contribution in [2.45, 2.75) is 43.2 Å². The van der Waals surface area contributed by atoms with Gasteiger partial charge in [0.15, 0.2) is 5.82 Å². The lowest BCUT2D eigenvalue weighted by molar-refractivity contribution is 0.0159. The minimum Gasteiger partial charge on any atom is -0.386 e. The van der Waals surface area contributed by atoms with Gasteiger partial charge in [0.2, 0.25) is 0 Å². The predicted molar refractivity (Wildman–Crippen MR) is 140 cm³/mol. The molecule has 3 fully saturated rings. The van der Waals surface area contributed by atoms with Crippen molar-refractivity contribution in [1.29, 1.82) is 0 Å². The van der Waals surface area contributed by atoms with E-state index in [1.165, 1.54) is 18.4 Å². The zero-order valence-electron chi connectivity index (χ0n) is 19.9. The molecule has 5 aromatic rings. The fraction of sp³-hybridized carbons (Fsp3) is 0.357. The van der Waals surface area contributed by atoms with E-state index in [0.29, 0.717) is 18.3 Å². The maximum absolute atomic E-state index is 11.5. The van der Waals surface area contributed by atoms with Crippen LogP contribution in [0.1, 0.15) is 37.2 Å². The number of H-pyrrole nitrogens is 1. The van der Waals surface area contributed by atoms with Gasteiger partial charge in [0.05, 0.1) is 23.4 Å². The third-order valence-electron chi connectivity index (χ3n) is 8.36. The van der Waals surface area contributed by atoms with Crippen LogP contribution in [0, 0.1) is 0 Å². The minimum atomic E-state index is -0.733. The van der Waals surface area contributed by atoms with E-state index in [0.717, 1.165) is 70.2 Å². The number of piperidine rings is 1. The fourth-order valence-corrected chi connectivity index (χ4v) is 6.43. The van der Waals surface area contributed by atoms with Crippen LogP contribution in [-0.4, -0.2) is 61.3 Å². The molecule has 8 heteroatoms. The van der Waals surface area contributed by atoms with Crippen LogP contribution in [0.15, 0.2) is 48.9 Å². The molecule has 3 aliphatic rings. The number of nitrogens with one attached hydrogen (secondary N) is 2. The second kappa shape index (κ2) is 7.44. The number of β-amino-alcohol motifs (C(OH)–C–C–N with tert-alkyl or cyclic N) is 1. The Morgan fingerprint density at radius 3 is 2.86 bits per heavy atom. The van der Waals surface area contributed by atoms with Crippen LogP contribution in [0.25, 0.3) is 44.2 Å². The van der Waals surface area contributed by atoms with Gasteiger partial charge in [-0.1, -0.05) is 18.2 Å². The molecule has 0 unspecified atom stereocenters. The first kappa shape index (κ1) is 20.6. The summed E-state index contributed by atoms with van der Waals surface area (Å²) >= 11 is 0. The number of fused-ring (bicyclic) bond motifs is 5. The van der Waals surface area contributed by atoms with Gasteiger partial charge in [-0.15, -0.1) is 0 Å². The van der Waals surface area contributed by atoms with E-state index in [2.05, 4.69) is 37.3 Å². The molecule has 4 aromatic heterocycles. The van der Waals surface area contributed by atoms with Crippen LogP contribution in [0.2, 0.25) is 0 Å². The van der Waals surface area contributed by atoms with Gasteiger partial charge in [-0.25, -0.2) is 15.0 Å². The molecule has 180 valence electrons. The number of nitrogens with zero attached hydrogens (tertiary/aromatic N) is 5. The summed E-state index contributed by atoms with van der Waals surface area (Å²) in [6, 6.07) is 10.3. The number of para-hydroxylation sites is 1. The molecule has 3 N–H and O–H groups in total. The average molecular weight is 478 g/mol. The highest BCUT2D eigenvalue weighted by Crippen LogP contribution is 2.47. The molecule has 2 aliphatic heterocycles. The molecular formula is C28H27N7O. The lowest BCUT2D eigenvalue weighted by Gasteiger charge is -2.39. The summed E-state index contributed by atoms with van der Waals surface area (Å²) in [5, 5.41) is 18.1. The van der Waals surface area contributed by atoms with Crippen molar-refractivity contribution in [2.24, 2.45) is 0 Å². The molecule has 0 amide bonds. The van der Waals surface area contributed by atoms with E-state index in [4.69, 9.17) is 9.97 Å². The van der Waals surface area contributed by atoms with Crippen molar-refractivity contribution >= 4 is 38.7 Å². The molecule has 1 aliphatic carbocycles. The molecule has 0 spiro atoms. The van der Waals surface area contributed by atoms with Gasteiger partial charge in [0.1, 0.15) is 11.5 Å². The molecule has 1 saturated carbocycles. The number of benzene rings is 1. The van der Waals surface area contributed by atoms with Gasteiger partial charge in [-0.3, -0.25) is 4.98 Å². The van der Waals surface area contributed by atoms with Gasteiger partial charge < -0.3 is 20.3 Å². The quantitative estimate of drug-likeness (QED) is 0.362. The third-order valence-corrected chi connectivity index (χ3v) is 8.36. The Morgan fingerprint density at radius 1 is 1.03 bits per heavy atom. The Hall–Kier alpha value is -3.62. The monoisotopic (exact) mass is 477 g/mol. The van der Waals surface area contributed by atoms with Crippen molar-refractivity contribution in [2.75, 3.05) is 24.5 Å². The molecule has 8 rings (SSSR count). The molecule has 1 aromatic carbocycles. The molecule has 0 radical (unpaired) electrons. The molecule has 2 atom stereocenters. The van der Waals surface area contributed by atoms with Crippen molar-refractivity contribution in [3.63, 3.8) is 0 Å². The first-order valence-electron chi connectivity index (χ1n) is 12.9. The van der Waals surface area contributed by atoms with E-state index >= 15 is 0 Å². The molecule has 8 nitrogen and oxygen atoms in total. The normalized spacial score (nSPS) is 24.1. The molecule has 36 heavy (non-hydrogen) atoms. The highest BCUT2D eigenvalue weighted by molar-refractivity contribution is 6.12. The summed E-state index contributed by atoms with van der Waals surface area (Å²) in [5.74, 6) is 2.13. The van der Waals surface area contributed by atoms with Gasteiger partial charge >= 0.3 is 0 Å². The van der Waals surface area contributed by atoms with E-state index in [9.17, 15) is 5.11 Å². The smallest absolute Gasteiger partial charge is 0.163 e. The van der Waals surface area contributed by atoms with Crippen molar-refractivity contribution in [3.8, 4) is 11.4 Å². The summed E-state index contributed by atoms with van der Waals surface area (Å²) in [4.78, 5) is 25.4. The maximum atomic E-state index is 11.5. The summed E-state index contributed by atoms with van der Waals surface area (Å²) in [7, 11) is 0. The molecule has 0 bridgehead atoms. The van der Waals surface area contributed by atoms with Gasteiger partial charge in [-0.2, -0.15) is 0 Å². The van der Waals surface area contributed by atoms with Crippen LogP contribution in [0.5, 0.6) is 0 Å². The van der Waals surface area contributed by atoms with Gasteiger partial charge in [0, 0.05) is 52.7 Å². The number of aromatic amines is 1. The first-order chi connectivity index (χ1) is 17.7. The van der Waals surface area contributed by atoms with E-state index in [1.807, 2.05) is 36.8 Å². The van der Waals surface area contributed by atoms with Crippen molar-refractivity contribution in [1.82, 2.24) is 30.2 Å². The van der Waals surface area contributed by atoms with Crippen LogP contribution >= 0.6 is 0 Å². The van der Waals surface area contributed by atoms with E-state index in [1.54, 1.807) is 0 Å². The molecule has 2 saturated heterocycles. The zero-order chi connectivity index (χ0) is 23.9. The van der Waals surface area contributed by atoms with Crippen LogP contribution in [0.3, 0.4) is 0 Å². The van der Waals surface area contributed by atoms with E-state index < -0.39 is 5.60 Å². The first-order valence-corrected chi connectivity index (χ1v) is 12.9. The maximum Gasteiger partial charge on any atom is 0.163 e. The van der Waals surface area contributed by atoms with Crippen molar-refractivity contribution in [3.05, 3.63) is 54.5 Å². The number of aromatic nitrogens is 5. The third kappa shape index (κ3) is 2.94. The highest BCUT2D eigenvalue weighted by atomic mass is 16.3. The lowest BCUT2D eigenvalue weighted by Crippen LogP contribution is -2.56. The molecular weight excluding hydrogens is 450 g/mol. The second-order valence-corrected chi connectivity index (χ2v) is 10.5. The zero-order valence-corrected chi connectivity index (χ0v) is 19.9. The average Bonchev–Trinajstić information content (AvgIpc) is 3.59. The standard InChI is InChI=1S/C28H27N7O/c36-28-9-12-35(22(28)8-10-29-15-28)27-24-19(16-5-6-16)13-30-14-21(24)33-25(34-27)18-7-11-31-26-23(18)17-3-1-2-4-20(17)32-26/h1-4,7,11,13-14,16,22,29,36H,5-6,8-10,12,15H2,(H,31,32)/t22-,28-/m0/s1. The van der Waals surface area contributed by atoms with Crippen molar-refractivity contribution < 1.29 is 5.11 Å². The number of anilines is 1. The summed E-state index contributed by atoms with van der Waals surface area (Å²) < 4.78 is 0. The van der Waals surface area contributed by atoms with Crippen LogP contribution in [-0.2, 0) is 0 Å². The Bertz CT molecular complexity index is 1660. The Balaban J connectivity index is 1.40. The number of hydrogen-bond donors (Lipinski definition) is 3. The number of pyridine rings is 2.